The van der Waals surface area contributed by atoms with Crippen molar-refractivity contribution in [2.24, 2.45) is 4.99 Å². The Morgan fingerprint density at radius 2 is 2.00 bits per heavy atom. The molecule has 0 saturated carbocycles. The SMILES string of the molecule is COC(=O)Cn1c(=NC(=O)CCCSc2ccccc2)sc2cc([N+](=O)[O-])ccc21. The number of methoxy groups -OCH3 is 1. The number of hydrogen-bond donors (Lipinski definition) is 0. The molecule has 1 aromatic heterocycles. The standard InChI is InChI=1S/C20H19N3O5S2/c1-28-19(25)13-22-16-10-9-14(23(26)27)12-17(16)30-20(22)21-18(24)8-5-11-29-15-6-3-2-4-7-15/h2-4,6-7,9-10,12H,5,8,11,13H2,1H3. The van der Waals surface area contributed by atoms with Crippen molar-refractivity contribution >= 4 is 50.9 Å². The van der Waals surface area contributed by atoms with Gasteiger partial charge in [0.2, 0.25) is 5.91 Å². The van der Waals surface area contributed by atoms with Crippen molar-refractivity contribution in [3.05, 3.63) is 63.4 Å². The summed E-state index contributed by atoms with van der Waals surface area (Å²) in [6.07, 6.45) is 0.932. The monoisotopic (exact) mass is 445 g/mol. The zero-order chi connectivity index (χ0) is 21.5. The van der Waals surface area contributed by atoms with Crippen LogP contribution in [0.25, 0.3) is 10.2 Å². The van der Waals surface area contributed by atoms with E-state index in [1.807, 2.05) is 30.3 Å². The molecule has 0 fully saturated rings. The average molecular weight is 446 g/mol. The minimum Gasteiger partial charge on any atom is -0.468 e. The summed E-state index contributed by atoms with van der Waals surface area (Å²) in [6, 6.07) is 14.2. The van der Waals surface area contributed by atoms with Crippen LogP contribution < -0.4 is 4.80 Å². The minimum absolute atomic E-state index is 0.0650. The van der Waals surface area contributed by atoms with Gasteiger partial charge in [-0.05, 0) is 30.4 Å². The molecule has 0 unspecified atom stereocenters. The van der Waals surface area contributed by atoms with Gasteiger partial charge in [0.1, 0.15) is 6.54 Å². The topological polar surface area (TPSA) is 104 Å². The molecule has 1 heterocycles. The molecule has 0 atom stereocenters. The summed E-state index contributed by atoms with van der Waals surface area (Å²) in [5, 5.41) is 11.0. The first-order valence-electron chi connectivity index (χ1n) is 9.08. The maximum absolute atomic E-state index is 12.4. The number of esters is 1. The van der Waals surface area contributed by atoms with Gasteiger partial charge in [-0.3, -0.25) is 19.7 Å². The molecule has 0 radical (unpaired) electrons. The van der Waals surface area contributed by atoms with E-state index in [0.29, 0.717) is 21.4 Å². The zero-order valence-corrected chi connectivity index (χ0v) is 17.8. The number of thioether (sulfide) groups is 1. The van der Waals surface area contributed by atoms with Crippen LogP contribution in [0.15, 0.2) is 58.4 Å². The predicted octanol–water partition coefficient (Wildman–Crippen LogP) is 3.78. The van der Waals surface area contributed by atoms with Crippen LogP contribution in [0.1, 0.15) is 12.8 Å². The third-order valence-electron chi connectivity index (χ3n) is 4.16. The van der Waals surface area contributed by atoms with Crippen molar-refractivity contribution in [2.45, 2.75) is 24.3 Å². The molecule has 1 amide bonds. The average Bonchev–Trinajstić information content (AvgIpc) is 3.07. The Morgan fingerprint density at radius 1 is 1.23 bits per heavy atom. The van der Waals surface area contributed by atoms with Crippen LogP contribution in [0.2, 0.25) is 0 Å². The van der Waals surface area contributed by atoms with Gasteiger partial charge in [0, 0.05) is 23.4 Å². The third kappa shape index (κ3) is 5.55. The van der Waals surface area contributed by atoms with Crippen LogP contribution >= 0.6 is 23.1 Å². The Labute approximate surface area is 180 Å². The second-order valence-electron chi connectivity index (χ2n) is 6.23. The molecule has 156 valence electrons. The highest BCUT2D eigenvalue weighted by Gasteiger charge is 2.15. The van der Waals surface area contributed by atoms with Crippen molar-refractivity contribution in [2.75, 3.05) is 12.9 Å². The Hall–Kier alpha value is -2.98. The number of nitrogens with zero attached hydrogens (tertiary/aromatic N) is 3. The number of carbonyl (C=O) groups is 2. The van der Waals surface area contributed by atoms with Crippen LogP contribution in [0, 0.1) is 10.1 Å². The lowest BCUT2D eigenvalue weighted by molar-refractivity contribution is -0.384. The van der Waals surface area contributed by atoms with Crippen molar-refractivity contribution in [1.29, 1.82) is 0 Å². The van der Waals surface area contributed by atoms with Crippen molar-refractivity contribution in [3.63, 3.8) is 0 Å². The molecule has 0 bridgehead atoms. The fourth-order valence-electron chi connectivity index (χ4n) is 2.70. The minimum atomic E-state index is -0.499. The van der Waals surface area contributed by atoms with Gasteiger partial charge in [0.25, 0.3) is 5.69 Å². The number of nitro groups is 1. The van der Waals surface area contributed by atoms with E-state index in [4.69, 9.17) is 4.74 Å². The number of benzene rings is 2. The number of hydrogen-bond acceptors (Lipinski definition) is 7. The van der Waals surface area contributed by atoms with Crippen LogP contribution in [-0.4, -0.2) is 34.2 Å². The van der Waals surface area contributed by atoms with E-state index in [1.165, 1.54) is 19.2 Å². The molecule has 3 aromatic rings. The summed E-state index contributed by atoms with van der Waals surface area (Å²) in [5.41, 5.74) is 0.520. The summed E-state index contributed by atoms with van der Waals surface area (Å²) in [5.74, 6) is -0.0176. The van der Waals surface area contributed by atoms with Gasteiger partial charge < -0.3 is 9.30 Å². The molecule has 8 nitrogen and oxygen atoms in total. The van der Waals surface area contributed by atoms with Gasteiger partial charge in [-0.15, -0.1) is 11.8 Å². The molecule has 0 N–H and O–H groups in total. The lowest BCUT2D eigenvalue weighted by Gasteiger charge is -2.03. The quantitative estimate of drug-likeness (QED) is 0.172. The molecule has 0 saturated heterocycles. The highest BCUT2D eigenvalue weighted by molar-refractivity contribution is 7.99. The summed E-state index contributed by atoms with van der Waals surface area (Å²) in [6.45, 7) is -0.135. The van der Waals surface area contributed by atoms with Crippen molar-refractivity contribution < 1.29 is 19.2 Å². The summed E-state index contributed by atoms with van der Waals surface area (Å²) in [7, 11) is 1.27. The molecule has 30 heavy (non-hydrogen) atoms. The van der Waals surface area contributed by atoms with Crippen LogP contribution in [0.5, 0.6) is 0 Å². The van der Waals surface area contributed by atoms with E-state index < -0.39 is 10.9 Å². The van der Waals surface area contributed by atoms with Gasteiger partial charge >= 0.3 is 5.97 Å². The van der Waals surface area contributed by atoms with E-state index in [1.54, 1.807) is 22.4 Å². The summed E-state index contributed by atoms with van der Waals surface area (Å²) in [4.78, 5) is 40.3. The maximum atomic E-state index is 12.4. The molecule has 2 aromatic carbocycles. The van der Waals surface area contributed by atoms with E-state index >= 15 is 0 Å². The largest absolute Gasteiger partial charge is 0.468 e. The smallest absolute Gasteiger partial charge is 0.325 e. The van der Waals surface area contributed by atoms with E-state index in [-0.39, 0.29) is 24.6 Å². The number of fused-ring (bicyclic) bond motifs is 1. The van der Waals surface area contributed by atoms with Gasteiger partial charge in [0.15, 0.2) is 4.80 Å². The van der Waals surface area contributed by atoms with E-state index in [9.17, 15) is 19.7 Å². The van der Waals surface area contributed by atoms with Gasteiger partial charge in [-0.25, -0.2) is 0 Å². The molecular weight excluding hydrogens is 426 g/mol. The summed E-state index contributed by atoms with van der Waals surface area (Å²) >= 11 is 2.80. The fourth-order valence-corrected chi connectivity index (χ4v) is 4.65. The summed E-state index contributed by atoms with van der Waals surface area (Å²) < 4.78 is 6.84. The number of aromatic nitrogens is 1. The highest BCUT2D eigenvalue weighted by atomic mass is 32.2. The van der Waals surface area contributed by atoms with Crippen LogP contribution in [0.4, 0.5) is 5.69 Å². The maximum Gasteiger partial charge on any atom is 0.325 e. The van der Waals surface area contributed by atoms with Crippen molar-refractivity contribution in [3.8, 4) is 0 Å². The number of thiazole rings is 1. The van der Waals surface area contributed by atoms with Crippen LogP contribution in [-0.2, 0) is 20.9 Å². The Morgan fingerprint density at radius 3 is 2.70 bits per heavy atom. The number of carbonyl (C=O) groups excluding carboxylic acids is 2. The first-order valence-corrected chi connectivity index (χ1v) is 10.9. The number of non-ortho nitro benzene ring substituents is 1. The molecule has 10 heteroatoms. The number of ether oxygens (including phenoxy) is 1. The second-order valence-corrected chi connectivity index (χ2v) is 8.40. The lowest BCUT2D eigenvalue weighted by atomic mass is 10.3. The molecule has 0 spiro atoms. The number of amides is 1. The molecular formula is C20H19N3O5S2. The predicted molar refractivity (Wildman–Crippen MR) is 115 cm³/mol. The first-order chi connectivity index (χ1) is 14.5. The highest BCUT2D eigenvalue weighted by Crippen LogP contribution is 2.23. The third-order valence-corrected chi connectivity index (χ3v) is 6.30. The molecule has 0 aliphatic rings. The Kier molecular flexibility index (Phi) is 7.36. The van der Waals surface area contributed by atoms with Crippen LogP contribution in [0.3, 0.4) is 0 Å². The van der Waals surface area contributed by atoms with Crippen molar-refractivity contribution in [1.82, 2.24) is 4.57 Å². The van der Waals surface area contributed by atoms with Gasteiger partial charge in [0.05, 0.1) is 22.2 Å². The molecule has 0 aliphatic heterocycles. The van der Waals surface area contributed by atoms with Gasteiger partial charge in [-0.1, -0.05) is 29.5 Å². The normalized spacial score (nSPS) is 11.6. The first kappa shape index (κ1) is 21.7. The molecule has 0 aliphatic carbocycles. The fraction of sp³-hybridized carbons (Fsp3) is 0.250. The van der Waals surface area contributed by atoms with E-state index in [0.717, 1.165) is 22.0 Å². The molecule has 3 rings (SSSR count). The Bertz CT molecular complexity index is 1140. The van der Waals surface area contributed by atoms with E-state index in [2.05, 4.69) is 4.99 Å². The second kappa shape index (κ2) is 10.2. The zero-order valence-electron chi connectivity index (χ0n) is 16.1. The number of nitro benzene ring substituents is 1. The number of rotatable bonds is 8. The Balaban J connectivity index is 1.78. The lowest BCUT2D eigenvalue weighted by Crippen LogP contribution is -2.22. The van der Waals surface area contributed by atoms with Gasteiger partial charge in [-0.2, -0.15) is 4.99 Å².